The smallest absolute Gasteiger partial charge is 0.257 e. The van der Waals surface area contributed by atoms with E-state index in [1.54, 1.807) is 6.07 Å². The van der Waals surface area contributed by atoms with Gasteiger partial charge in [0, 0.05) is 44.3 Å². The standard InChI is InChI=1S/C20H24N4O2/c1-3-15-4-6-18(7-5-15)22-19(25)16-12-17(14-21-13-16)20(26)24-10-8-23(2)9-11-24/h4-7,12-14H,3,8-11H2,1-2H3,(H,22,25). The van der Waals surface area contributed by atoms with E-state index >= 15 is 0 Å². The molecule has 1 saturated heterocycles. The van der Waals surface area contributed by atoms with Gasteiger partial charge in [-0.05, 0) is 37.2 Å². The Morgan fingerprint density at radius 3 is 2.35 bits per heavy atom. The zero-order valence-corrected chi connectivity index (χ0v) is 15.2. The normalized spacial score (nSPS) is 14.9. The Kier molecular flexibility index (Phi) is 5.63. The summed E-state index contributed by atoms with van der Waals surface area (Å²) in [4.78, 5) is 33.2. The molecule has 0 saturated carbocycles. The third kappa shape index (κ3) is 4.26. The van der Waals surface area contributed by atoms with Crippen molar-refractivity contribution in [3.63, 3.8) is 0 Å². The molecule has 2 aromatic rings. The second-order valence-electron chi connectivity index (χ2n) is 6.56. The minimum Gasteiger partial charge on any atom is -0.336 e. The number of carbonyl (C=O) groups excluding carboxylic acids is 2. The molecule has 0 atom stereocenters. The van der Waals surface area contributed by atoms with Crippen molar-refractivity contribution < 1.29 is 9.59 Å². The van der Waals surface area contributed by atoms with Crippen LogP contribution in [0.3, 0.4) is 0 Å². The van der Waals surface area contributed by atoms with Crippen molar-refractivity contribution in [2.24, 2.45) is 0 Å². The monoisotopic (exact) mass is 352 g/mol. The number of likely N-dealkylation sites (N-methyl/N-ethyl adjacent to an activating group) is 1. The number of aryl methyl sites for hydroxylation is 1. The lowest BCUT2D eigenvalue weighted by molar-refractivity contribution is 0.0663. The molecular formula is C20H24N4O2. The molecular weight excluding hydrogens is 328 g/mol. The largest absolute Gasteiger partial charge is 0.336 e. The van der Waals surface area contributed by atoms with E-state index in [2.05, 4.69) is 22.1 Å². The first-order chi connectivity index (χ1) is 12.6. The van der Waals surface area contributed by atoms with E-state index in [0.29, 0.717) is 24.2 Å². The van der Waals surface area contributed by atoms with Gasteiger partial charge in [-0.2, -0.15) is 0 Å². The van der Waals surface area contributed by atoms with Gasteiger partial charge in [0.05, 0.1) is 11.1 Å². The Labute approximate surface area is 153 Å². The molecule has 2 amide bonds. The van der Waals surface area contributed by atoms with Crippen LogP contribution in [0.4, 0.5) is 5.69 Å². The summed E-state index contributed by atoms with van der Waals surface area (Å²) in [5.74, 6) is -0.345. The van der Waals surface area contributed by atoms with Gasteiger partial charge in [-0.1, -0.05) is 19.1 Å². The van der Waals surface area contributed by atoms with Crippen LogP contribution in [0.5, 0.6) is 0 Å². The van der Waals surface area contributed by atoms with Gasteiger partial charge in [-0.15, -0.1) is 0 Å². The lowest BCUT2D eigenvalue weighted by Gasteiger charge is -2.32. The van der Waals surface area contributed by atoms with Gasteiger partial charge < -0.3 is 15.1 Å². The number of pyridine rings is 1. The van der Waals surface area contributed by atoms with Gasteiger partial charge in [-0.3, -0.25) is 14.6 Å². The second kappa shape index (κ2) is 8.10. The number of nitrogens with zero attached hydrogens (tertiary/aromatic N) is 3. The van der Waals surface area contributed by atoms with E-state index in [1.165, 1.54) is 18.0 Å². The van der Waals surface area contributed by atoms with Gasteiger partial charge in [0.25, 0.3) is 11.8 Å². The van der Waals surface area contributed by atoms with Crippen LogP contribution in [0, 0.1) is 0 Å². The summed E-state index contributed by atoms with van der Waals surface area (Å²) >= 11 is 0. The summed E-state index contributed by atoms with van der Waals surface area (Å²) in [7, 11) is 2.04. The van der Waals surface area contributed by atoms with E-state index in [0.717, 1.165) is 25.2 Å². The quantitative estimate of drug-likeness (QED) is 0.917. The molecule has 1 aromatic carbocycles. The zero-order chi connectivity index (χ0) is 18.5. The highest BCUT2D eigenvalue weighted by molar-refractivity contribution is 6.05. The maximum absolute atomic E-state index is 12.6. The molecule has 1 fully saturated rings. The van der Waals surface area contributed by atoms with Gasteiger partial charge in [-0.25, -0.2) is 0 Å². The molecule has 1 aliphatic rings. The molecule has 1 aliphatic heterocycles. The fourth-order valence-corrected chi connectivity index (χ4v) is 2.90. The van der Waals surface area contributed by atoms with Crippen LogP contribution in [0.1, 0.15) is 33.2 Å². The van der Waals surface area contributed by atoms with Crippen LogP contribution in [0.2, 0.25) is 0 Å². The van der Waals surface area contributed by atoms with Gasteiger partial charge in [0.2, 0.25) is 0 Å². The van der Waals surface area contributed by atoms with Crippen LogP contribution < -0.4 is 5.32 Å². The fraction of sp³-hybridized carbons (Fsp3) is 0.350. The van der Waals surface area contributed by atoms with Crippen LogP contribution in [0.25, 0.3) is 0 Å². The topological polar surface area (TPSA) is 65.5 Å². The molecule has 0 aliphatic carbocycles. The third-order valence-electron chi connectivity index (χ3n) is 4.66. The number of hydrogen-bond acceptors (Lipinski definition) is 4. The van der Waals surface area contributed by atoms with Crippen LogP contribution in [-0.2, 0) is 6.42 Å². The van der Waals surface area contributed by atoms with E-state index in [4.69, 9.17) is 0 Å². The predicted octanol–water partition coefficient (Wildman–Crippen LogP) is 2.28. The molecule has 0 unspecified atom stereocenters. The maximum Gasteiger partial charge on any atom is 0.257 e. The van der Waals surface area contributed by atoms with E-state index in [1.807, 2.05) is 36.2 Å². The lowest BCUT2D eigenvalue weighted by Crippen LogP contribution is -2.47. The lowest BCUT2D eigenvalue weighted by atomic mass is 10.1. The highest BCUT2D eigenvalue weighted by atomic mass is 16.2. The molecule has 0 spiro atoms. The Morgan fingerprint density at radius 1 is 1.04 bits per heavy atom. The van der Waals surface area contributed by atoms with Crippen molar-refractivity contribution in [2.45, 2.75) is 13.3 Å². The fourth-order valence-electron chi connectivity index (χ4n) is 2.90. The van der Waals surface area contributed by atoms with Crippen molar-refractivity contribution in [1.82, 2.24) is 14.8 Å². The number of aromatic nitrogens is 1. The van der Waals surface area contributed by atoms with Gasteiger partial charge in [0.1, 0.15) is 0 Å². The minimum atomic E-state index is -0.269. The van der Waals surface area contributed by atoms with Gasteiger partial charge in [0.15, 0.2) is 0 Å². The molecule has 2 heterocycles. The van der Waals surface area contributed by atoms with Crippen molar-refractivity contribution in [3.8, 4) is 0 Å². The van der Waals surface area contributed by atoms with E-state index in [-0.39, 0.29) is 11.8 Å². The van der Waals surface area contributed by atoms with Crippen LogP contribution in [-0.4, -0.2) is 59.8 Å². The Morgan fingerprint density at radius 2 is 1.69 bits per heavy atom. The molecule has 26 heavy (non-hydrogen) atoms. The molecule has 136 valence electrons. The van der Waals surface area contributed by atoms with Crippen LogP contribution >= 0.6 is 0 Å². The summed E-state index contributed by atoms with van der Waals surface area (Å²) < 4.78 is 0. The SMILES string of the molecule is CCc1ccc(NC(=O)c2cncc(C(=O)N3CCN(C)CC3)c2)cc1. The Hall–Kier alpha value is -2.73. The number of benzene rings is 1. The molecule has 0 bridgehead atoms. The number of hydrogen-bond donors (Lipinski definition) is 1. The van der Waals surface area contributed by atoms with Crippen molar-refractivity contribution >= 4 is 17.5 Å². The minimum absolute atomic E-state index is 0.0763. The molecule has 1 aromatic heterocycles. The highest BCUT2D eigenvalue weighted by Gasteiger charge is 2.21. The third-order valence-corrected chi connectivity index (χ3v) is 4.66. The number of carbonyl (C=O) groups is 2. The predicted molar refractivity (Wildman–Crippen MR) is 101 cm³/mol. The van der Waals surface area contributed by atoms with Crippen molar-refractivity contribution in [2.75, 3.05) is 38.5 Å². The first-order valence-electron chi connectivity index (χ1n) is 8.90. The molecule has 6 heteroatoms. The van der Waals surface area contributed by atoms with Crippen LogP contribution in [0.15, 0.2) is 42.7 Å². The van der Waals surface area contributed by atoms with E-state index in [9.17, 15) is 9.59 Å². The average Bonchev–Trinajstić information content (AvgIpc) is 2.68. The van der Waals surface area contributed by atoms with E-state index < -0.39 is 0 Å². The number of amides is 2. The van der Waals surface area contributed by atoms with Gasteiger partial charge >= 0.3 is 0 Å². The van der Waals surface area contributed by atoms with Crippen molar-refractivity contribution in [3.05, 3.63) is 59.4 Å². The summed E-state index contributed by atoms with van der Waals surface area (Å²) in [6.07, 6.45) is 3.96. The molecule has 6 nitrogen and oxygen atoms in total. The molecule has 3 rings (SSSR count). The summed E-state index contributed by atoms with van der Waals surface area (Å²) in [5, 5.41) is 2.85. The average molecular weight is 352 g/mol. The summed E-state index contributed by atoms with van der Waals surface area (Å²) in [5.41, 5.74) is 2.76. The van der Waals surface area contributed by atoms with Crippen molar-refractivity contribution in [1.29, 1.82) is 0 Å². The maximum atomic E-state index is 12.6. The zero-order valence-electron chi connectivity index (χ0n) is 15.2. The number of piperazine rings is 1. The summed E-state index contributed by atoms with van der Waals surface area (Å²) in [6.45, 7) is 5.17. The first kappa shape index (κ1) is 18.1. The second-order valence-corrected chi connectivity index (χ2v) is 6.56. The summed E-state index contributed by atoms with van der Waals surface area (Å²) in [6, 6.07) is 9.35. The molecule has 1 N–H and O–H groups in total. The Balaban J connectivity index is 1.69. The molecule has 0 radical (unpaired) electrons. The highest BCUT2D eigenvalue weighted by Crippen LogP contribution is 2.13. The Bertz CT molecular complexity index is 781. The first-order valence-corrected chi connectivity index (χ1v) is 8.90. The number of rotatable bonds is 4. The number of nitrogens with one attached hydrogen (secondary N) is 1. The number of anilines is 1.